The van der Waals surface area contributed by atoms with Crippen molar-refractivity contribution in [2.24, 2.45) is 5.73 Å². The molecule has 1 saturated heterocycles. The summed E-state index contributed by atoms with van der Waals surface area (Å²) in [7, 11) is 3.58. The molecule has 1 unspecified atom stereocenters. The molecule has 0 aliphatic carbocycles. The lowest BCUT2D eigenvalue weighted by molar-refractivity contribution is -0.177. The van der Waals surface area contributed by atoms with Gasteiger partial charge < -0.3 is 20.5 Å². The first-order valence-corrected chi connectivity index (χ1v) is 4.66. The van der Waals surface area contributed by atoms with Crippen LogP contribution in [0.25, 0.3) is 0 Å². The second-order valence-electron chi connectivity index (χ2n) is 4.15. The molecule has 0 aromatic rings. The van der Waals surface area contributed by atoms with Crippen molar-refractivity contribution in [3.8, 4) is 0 Å². The maximum Gasteiger partial charge on any atom is 0.142 e. The zero-order chi connectivity index (χ0) is 10.1. The number of rotatable bonds is 2. The van der Waals surface area contributed by atoms with Crippen LogP contribution in [0.3, 0.4) is 0 Å². The normalized spacial score (nSPS) is 28.4. The van der Waals surface area contributed by atoms with E-state index in [0.717, 1.165) is 13.1 Å². The average Bonchev–Trinajstić information content (AvgIpc) is 2.10. The summed E-state index contributed by atoms with van der Waals surface area (Å²) in [5, 5.41) is 10.2. The highest BCUT2D eigenvalue weighted by Crippen LogP contribution is 2.31. The molecule has 0 aromatic heterocycles. The fourth-order valence-corrected chi connectivity index (χ4v) is 1.67. The quantitative estimate of drug-likeness (QED) is 0.587. The molecule has 0 radical (unpaired) electrons. The monoisotopic (exact) mass is 188 g/mol. The number of nitrogens with zero attached hydrogens (tertiary/aromatic N) is 1. The lowest BCUT2D eigenvalue weighted by Gasteiger charge is -2.45. The Morgan fingerprint density at radius 2 is 1.92 bits per heavy atom. The third-order valence-corrected chi connectivity index (χ3v) is 3.16. The predicted molar refractivity (Wildman–Crippen MR) is 51.3 cm³/mol. The fourth-order valence-electron chi connectivity index (χ4n) is 1.67. The molecule has 0 amide bonds. The van der Waals surface area contributed by atoms with Crippen LogP contribution in [0, 0.1) is 0 Å². The van der Waals surface area contributed by atoms with E-state index in [1.807, 2.05) is 7.05 Å². The predicted octanol–water partition coefficient (Wildman–Crippen LogP) is -0.236. The van der Waals surface area contributed by atoms with Crippen LogP contribution in [-0.4, -0.2) is 48.6 Å². The van der Waals surface area contributed by atoms with Crippen molar-refractivity contribution in [2.45, 2.75) is 31.1 Å². The highest BCUT2D eigenvalue weighted by molar-refractivity contribution is 4.97. The Morgan fingerprint density at radius 1 is 1.46 bits per heavy atom. The molecule has 78 valence electrons. The van der Waals surface area contributed by atoms with Crippen LogP contribution in [0.4, 0.5) is 0 Å². The molecule has 1 atom stereocenters. The number of likely N-dealkylation sites (tertiary alicyclic amines) is 1. The van der Waals surface area contributed by atoms with E-state index in [0.29, 0.717) is 12.8 Å². The van der Waals surface area contributed by atoms with Crippen molar-refractivity contribution in [1.82, 2.24) is 4.90 Å². The summed E-state index contributed by atoms with van der Waals surface area (Å²) >= 11 is 0. The van der Waals surface area contributed by atoms with Crippen LogP contribution in [0.5, 0.6) is 0 Å². The molecule has 1 rings (SSSR count). The Kier molecular flexibility index (Phi) is 2.97. The van der Waals surface area contributed by atoms with E-state index in [1.54, 1.807) is 6.92 Å². The maximum absolute atomic E-state index is 10.2. The summed E-state index contributed by atoms with van der Waals surface area (Å²) in [5.74, 6) is 0. The zero-order valence-electron chi connectivity index (χ0n) is 8.71. The first kappa shape index (κ1) is 10.9. The van der Waals surface area contributed by atoms with E-state index in [1.165, 1.54) is 7.11 Å². The summed E-state index contributed by atoms with van der Waals surface area (Å²) in [4.78, 5) is 2.18. The van der Waals surface area contributed by atoms with Gasteiger partial charge in [-0.1, -0.05) is 0 Å². The molecular formula is C9H20N2O2. The molecule has 1 heterocycles. The summed E-state index contributed by atoms with van der Waals surface area (Å²) in [6, 6.07) is 0. The molecule has 4 nitrogen and oxygen atoms in total. The van der Waals surface area contributed by atoms with Gasteiger partial charge in [-0.05, 0) is 26.8 Å². The van der Waals surface area contributed by atoms with Crippen molar-refractivity contribution >= 4 is 0 Å². The molecule has 1 aliphatic heterocycles. The standard InChI is InChI=1S/C9H20N2O2/c1-8(10,13-3)9(12)4-6-11(2)7-5-9/h12H,4-7,10H2,1-3H3. The largest absolute Gasteiger partial charge is 0.385 e. The van der Waals surface area contributed by atoms with Crippen molar-refractivity contribution in [1.29, 1.82) is 0 Å². The molecule has 1 aliphatic rings. The minimum Gasteiger partial charge on any atom is -0.385 e. The molecule has 1 fully saturated rings. The first-order valence-electron chi connectivity index (χ1n) is 4.66. The van der Waals surface area contributed by atoms with Crippen LogP contribution in [0.1, 0.15) is 19.8 Å². The number of methoxy groups -OCH3 is 1. The second-order valence-corrected chi connectivity index (χ2v) is 4.15. The summed E-state index contributed by atoms with van der Waals surface area (Å²) in [6.45, 7) is 3.47. The van der Waals surface area contributed by atoms with Gasteiger partial charge in [0.25, 0.3) is 0 Å². The van der Waals surface area contributed by atoms with Gasteiger partial charge in [-0.2, -0.15) is 0 Å². The highest BCUT2D eigenvalue weighted by atomic mass is 16.5. The van der Waals surface area contributed by atoms with Gasteiger partial charge in [0.2, 0.25) is 0 Å². The van der Waals surface area contributed by atoms with E-state index < -0.39 is 11.3 Å². The smallest absolute Gasteiger partial charge is 0.142 e. The summed E-state index contributed by atoms with van der Waals surface area (Å²) in [6.07, 6.45) is 1.34. The average molecular weight is 188 g/mol. The molecule has 0 saturated carbocycles. The number of aliphatic hydroxyl groups is 1. The maximum atomic E-state index is 10.2. The van der Waals surface area contributed by atoms with Gasteiger partial charge in [-0.25, -0.2) is 0 Å². The number of piperidine rings is 1. The van der Waals surface area contributed by atoms with Gasteiger partial charge in [0, 0.05) is 20.2 Å². The third kappa shape index (κ3) is 2.02. The summed E-state index contributed by atoms with van der Waals surface area (Å²) in [5.41, 5.74) is 4.06. The van der Waals surface area contributed by atoms with Crippen LogP contribution >= 0.6 is 0 Å². The SMILES string of the molecule is COC(C)(N)C1(O)CCN(C)CC1. The Morgan fingerprint density at radius 3 is 2.31 bits per heavy atom. The highest BCUT2D eigenvalue weighted by Gasteiger charge is 2.45. The molecule has 0 bridgehead atoms. The van der Waals surface area contributed by atoms with Crippen molar-refractivity contribution < 1.29 is 9.84 Å². The van der Waals surface area contributed by atoms with E-state index in [4.69, 9.17) is 10.5 Å². The van der Waals surface area contributed by atoms with Crippen molar-refractivity contribution in [2.75, 3.05) is 27.2 Å². The Bertz CT molecular complexity index is 174. The molecule has 0 aromatic carbocycles. The Hall–Kier alpha value is -0.160. The number of nitrogens with two attached hydrogens (primary N) is 1. The molecule has 3 N–H and O–H groups in total. The van der Waals surface area contributed by atoms with E-state index in [2.05, 4.69) is 4.90 Å². The van der Waals surface area contributed by atoms with Gasteiger partial charge >= 0.3 is 0 Å². The number of ether oxygens (including phenoxy) is 1. The Balaban J connectivity index is 2.66. The fraction of sp³-hybridized carbons (Fsp3) is 1.00. The Labute approximate surface area is 79.7 Å². The molecule has 0 spiro atoms. The summed E-state index contributed by atoms with van der Waals surface area (Å²) < 4.78 is 5.12. The van der Waals surface area contributed by atoms with Gasteiger partial charge in [-0.15, -0.1) is 0 Å². The van der Waals surface area contributed by atoms with Crippen LogP contribution in [0.15, 0.2) is 0 Å². The third-order valence-electron chi connectivity index (χ3n) is 3.16. The number of hydrogen-bond donors (Lipinski definition) is 2. The lowest BCUT2D eigenvalue weighted by Crippen LogP contribution is -2.63. The van der Waals surface area contributed by atoms with E-state index >= 15 is 0 Å². The molecule has 4 heteroatoms. The topological polar surface area (TPSA) is 58.7 Å². The minimum absolute atomic E-state index is 0.671. The molecular weight excluding hydrogens is 168 g/mol. The van der Waals surface area contributed by atoms with Gasteiger partial charge in [0.05, 0.1) is 0 Å². The van der Waals surface area contributed by atoms with Crippen LogP contribution in [0.2, 0.25) is 0 Å². The number of hydrogen-bond acceptors (Lipinski definition) is 4. The molecule has 13 heavy (non-hydrogen) atoms. The zero-order valence-corrected chi connectivity index (χ0v) is 8.71. The van der Waals surface area contributed by atoms with Gasteiger partial charge in [-0.3, -0.25) is 0 Å². The second kappa shape index (κ2) is 3.53. The van der Waals surface area contributed by atoms with Gasteiger partial charge in [0.1, 0.15) is 11.3 Å². The van der Waals surface area contributed by atoms with E-state index in [-0.39, 0.29) is 0 Å². The van der Waals surface area contributed by atoms with Crippen molar-refractivity contribution in [3.05, 3.63) is 0 Å². The van der Waals surface area contributed by atoms with Gasteiger partial charge in [0.15, 0.2) is 0 Å². The lowest BCUT2D eigenvalue weighted by atomic mass is 9.83. The van der Waals surface area contributed by atoms with Crippen LogP contribution < -0.4 is 5.73 Å². The minimum atomic E-state index is -0.936. The van der Waals surface area contributed by atoms with Crippen molar-refractivity contribution in [3.63, 3.8) is 0 Å². The van der Waals surface area contributed by atoms with Crippen LogP contribution in [-0.2, 0) is 4.74 Å². The van der Waals surface area contributed by atoms with E-state index in [9.17, 15) is 5.11 Å². The first-order chi connectivity index (χ1) is 5.91.